The van der Waals surface area contributed by atoms with Gasteiger partial charge in [0.25, 0.3) is 5.91 Å². The fraction of sp³-hybridized carbons (Fsp3) is 0.591. The van der Waals surface area contributed by atoms with Crippen molar-refractivity contribution in [1.82, 2.24) is 14.4 Å². The number of esters is 1. The van der Waals surface area contributed by atoms with Gasteiger partial charge in [0.15, 0.2) is 6.10 Å². The number of rotatable bonds is 7. The maximum absolute atomic E-state index is 12.6. The fourth-order valence-corrected chi connectivity index (χ4v) is 3.65. The van der Waals surface area contributed by atoms with Crippen LogP contribution in [0.15, 0.2) is 11.6 Å². The quantitative estimate of drug-likeness (QED) is 0.399. The first kappa shape index (κ1) is 22.7. The third-order valence-electron chi connectivity index (χ3n) is 5.46. The van der Waals surface area contributed by atoms with E-state index < -0.39 is 12.1 Å². The molecule has 1 atom stereocenters. The Morgan fingerprint density at radius 3 is 2.45 bits per heavy atom. The minimum Gasteiger partial charge on any atom is -0.448 e. The summed E-state index contributed by atoms with van der Waals surface area (Å²) in [5.41, 5.74) is 2.80. The van der Waals surface area contributed by atoms with Crippen molar-refractivity contribution < 1.29 is 14.3 Å². The second-order valence-corrected chi connectivity index (χ2v) is 7.46. The van der Waals surface area contributed by atoms with Crippen LogP contribution in [0.5, 0.6) is 0 Å². The molecule has 2 rings (SSSR count). The molecule has 158 valence electrons. The number of hydrogen-bond donors (Lipinski definition) is 0. The van der Waals surface area contributed by atoms with E-state index in [1.54, 1.807) is 17.9 Å². The molecule has 29 heavy (non-hydrogen) atoms. The summed E-state index contributed by atoms with van der Waals surface area (Å²) in [5, 5.41) is 9.46. The molecule has 1 amide bonds. The van der Waals surface area contributed by atoms with Crippen molar-refractivity contribution >= 4 is 18.0 Å². The average Bonchev–Trinajstić information content (AvgIpc) is 2.98. The van der Waals surface area contributed by atoms with Crippen molar-refractivity contribution in [2.75, 3.05) is 32.7 Å². The van der Waals surface area contributed by atoms with E-state index in [9.17, 15) is 14.9 Å². The van der Waals surface area contributed by atoms with Crippen molar-refractivity contribution in [3.63, 3.8) is 0 Å². The molecule has 0 radical (unpaired) electrons. The summed E-state index contributed by atoms with van der Waals surface area (Å²) in [5.74, 6) is -0.978. The normalized spacial score (nSPS) is 16.4. The Hall–Kier alpha value is -2.59. The van der Waals surface area contributed by atoms with Gasteiger partial charge in [-0.1, -0.05) is 13.8 Å². The molecular formula is C22H32N4O3. The maximum Gasteiger partial charge on any atom is 0.349 e. The number of carbonyl (C=O) groups is 2. The van der Waals surface area contributed by atoms with Gasteiger partial charge in [-0.25, -0.2) is 4.79 Å². The molecule has 1 aliphatic heterocycles. The summed E-state index contributed by atoms with van der Waals surface area (Å²) in [4.78, 5) is 29.1. The van der Waals surface area contributed by atoms with Gasteiger partial charge in [-0.3, -0.25) is 4.79 Å². The van der Waals surface area contributed by atoms with E-state index in [0.29, 0.717) is 13.1 Å². The number of piperazine rings is 1. The van der Waals surface area contributed by atoms with Gasteiger partial charge in [0.05, 0.1) is 0 Å². The number of hydrogen-bond acceptors (Lipinski definition) is 5. The van der Waals surface area contributed by atoms with E-state index in [1.807, 2.05) is 26.0 Å². The van der Waals surface area contributed by atoms with Gasteiger partial charge in [0.1, 0.15) is 11.6 Å². The molecule has 7 nitrogen and oxygen atoms in total. The standard InChI is InChI=1S/C22H32N4O3/c1-6-8-26-16(3)13-19(17(26)4)14-20(15-23)22(28)29-18(5)21(27)25-11-9-24(7-2)10-12-25/h13-14,18H,6-12H2,1-5H3/b20-14+. The zero-order valence-electron chi connectivity index (χ0n) is 18.2. The smallest absolute Gasteiger partial charge is 0.349 e. The zero-order chi connectivity index (χ0) is 21.6. The molecule has 0 bridgehead atoms. The van der Waals surface area contributed by atoms with Crippen LogP contribution in [0.2, 0.25) is 0 Å². The van der Waals surface area contributed by atoms with Crippen molar-refractivity contribution in [3.8, 4) is 6.07 Å². The van der Waals surface area contributed by atoms with E-state index in [2.05, 4.69) is 23.3 Å². The molecule has 7 heteroatoms. The molecule has 1 unspecified atom stereocenters. The average molecular weight is 401 g/mol. The predicted molar refractivity (Wildman–Crippen MR) is 112 cm³/mol. The fourth-order valence-electron chi connectivity index (χ4n) is 3.65. The van der Waals surface area contributed by atoms with E-state index >= 15 is 0 Å². The highest BCUT2D eigenvalue weighted by atomic mass is 16.5. The second-order valence-electron chi connectivity index (χ2n) is 7.46. The van der Waals surface area contributed by atoms with Gasteiger partial charge in [-0.15, -0.1) is 0 Å². The lowest BCUT2D eigenvalue weighted by Crippen LogP contribution is -2.51. The van der Waals surface area contributed by atoms with Gasteiger partial charge in [-0.2, -0.15) is 5.26 Å². The largest absolute Gasteiger partial charge is 0.448 e. The number of ether oxygens (including phenoxy) is 1. The van der Waals surface area contributed by atoms with Crippen LogP contribution in [0.4, 0.5) is 0 Å². The van der Waals surface area contributed by atoms with Crippen molar-refractivity contribution in [1.29, 1.82) is 5.26 Å². The summed E-state index contributed by atoms with van der Waals surface area (Å²) < 4.78 is 7.49. The topological polar surface area (TPSA) is 78.6 Å². The number of aromatic nitrogens is 1. The Kier molecular flexibility index (Phi) is 8.03. The highest BCUT2D eigenvalue weighted by Gasteiger charge is 2.27. The highest BCUT2D eigenvalue weighted by Crippen LogP contribution is 2.19. The molecule has 2 heterocycles. The van der Waals surface area contributed by atoms with Crippen LogP contribution in [-0.4, -0.2) is 65.1 Å². The highest BCUT2D eigenvalue weighted by molar-refractivity contribution is 5.99. The van der Waals surface area contributed by atoms with Gasteiger partial charge in [-0.05, 0) is 51.4 Å². The summed E-state index contributed by atoms with van der Waals surface area (Å²) in [7, 11) is 0. The first-order chi connectivity index (χ1) is 13.8. The first-order valence-electron chi connectivity index (χ1n) is 10.3. The third kappa shape index (κ3) is 5.48. The minimum atomic E-state index is -0.917. The summed E-state index contributed by atoms with van der Waals surface area (Å²) in [6, 6.07) is 3.88. The Morgan fingerprint density at radius 2 is 1.90 bits per heavy atom. The molecule has 0 saturated carbocycles. The van der Waals surface area contributed by atoms with Crippen LogP contribution < -0.4 is 0 Å². The van der Waals surface area contributed by atoms with Crippen LogP contribution >= 0.6 is 0 Å². The van der Waals surface area contributed by atoms with E-state index in [0.717, 1.165) is 49.6 Å². The molecule has 1 saturated heterocycles. The monoisotopic (exact) mass is 400 g/mol. The van der Waals surface area contributed by atoms with E-state index in [1.165, 1.54) is 0 Å². The number of aryl methyl sites for hydroxylation is 1. The van der Waals surface area contributed by atoms with Crippen LogP contribution in [0.3, 0.4) is 0 Å². The van der Waals surface area contributed by atoms with Gasteiger partial charge in [0, 0.05) is 44.1 Å². The number of nitriles is 1. The SMILES string of the molecule is CCCn1c(C)cc(/C=C(\C#N)C(=O)OC(C)C(=O)N2CCN(CC)CC2)c1C. The van der Waals surface area contributed by atoms with Gasteiger partial charge in [0.2, 0.25) is 0 Å². The lowest BCUT2D eigenvalue weighted by molar-refractivity contribution is -0.156. The second kappa shape index (κ2) is 10.3. The third-order valence-corrected chi connectivity index (χ3v) is 5.46. The van der Waals surface area contributed by atoms with Crippen molar-refractivity contribution in [2.45, 2.75) is 53.7 Å². The van der Waals surface area contributed by atoms with E-state index in [-0.39, 0.29) is 11.5 Å². The molecule has 1 aromatic heterocycles. The number of carbonyl (C=O) groups excluding carboxylic acids is 2. The zero-order valence-corrected chi connectivity index (χ0v) is 18.2. The maximum atomic E-state index is 12.6. The molecule has 0 aromatic carbocycles. The van der Waals surface area contributed by atoms with Crippen LogP contribution in [0.25, 0.3) is 6.08 Å². The van der Waals surface area contributed by atoms with Crippen LogP contribution in [0.1, 0.15) is 44.1 Å². The van der Waals surface area contributed by atoms with Gasteiger partial charge >= 0.3 is 5.97 Å². The summed E-state index contributed by atoms with van der Waals surface area (Å²) in [6.07, 6.45) is 1.63. The number of amides is 1. The van der Waals surface area contributed by atoms with E-state index in [4.69, 9.17) is 4.74 Å². The minimum absolute atomic E-state index is 0.0998. The molecule has 1 aromatic rings. The lowest BCUT2D eigenvalue weighted by Gasteiger charge is -2.35. The van der Waals surface area contributed by atoms with Crippen molar-refractivity contribution in [2.24, 2.45) is 0 Å². The molecule has 1 aliphatic rings. The number of likely N-dealkylation sites (N-methyl/N-ethyl adjacent to an activating group) is 1. The summed E-state index contributed by atoms with van der Waals surface area (Å²) in [6.45, 7) is 14.5. The predicted octanol–water partition coefficient (Wildman–Crippen LogP) is 2.52. The number of nitrogens with zero attached hydrogens (tertiary/aromatic N) is 4. The Labute approximate surface area is 173 Å². The molecule has 0 spiro atoms. The van der Waals surface area contributed by atoms with Crippen LogP contribution in [0, 0.1) is 25.2 Å². The van der Waals surface area contributed by atoms with Crippen molar-refractivity contribution in [3.05, 3.63) is 28.6 Å². The summed E-state index contributed by atoms with van der Waals surface area (Å²) >= 11 is 0. The molecule has 0 aliphatic carbocycles. The molecule has 0 N–H and O–H groups in total. The first-order valence-corrected chi connectivity index (χ1v) is 10.3. The Bertz CT molecular complexity index is 811. The van der Waals surface area contributed by atoms with Gasteiger partial charge < -0.3 is 19.1 Å². The molecule has 1 fully saturated rings. The lowest BCUT2D eigenvalue weighted by atomic mass is 10.1. The molecular weight excluding hydrogens is 368 g/mol. The Morgan fingerprint density at radius 1 is 1.24 bits per heavy atom. The van der Waals surface area contributed by atoms with Crippen LogP contribution in [-0.2, 0) is 20.9 Å². The Balaban J connectivity index is 2.06.